The van der Waals surface area contributed by atoms with Gasteiger partial charge in [0.15, 0.2) is 5.65 Å². The second-order valence-electron chi connectivity index (χ2n) is 5.10. The van der Waals surface area contributed by atoms with Crippen molar-refractivity contribution in [1.82, 2.24) is 20.3 Å². The molecule has 0 radical (unpaired) electrons. The number of pyridine rings is 1. The fraction of sp³-hybridized carbons (Fsp3) is 0.176. The van der Waals surface area contributed by atoms with Gasteiger partial charge < -0.3 is 10.1 Å². The molecule has 0 aliphatic carbocycles. The van der Waals surface area contributed by atoms with E-state index >= 15 is 0 Å². The number of hydrogen-bond acceptors (Lipinski definition) is 5. The third-order valence-corrected chi connectivity index (χ3v) is 3.75. The van der Waals surface area contributed by atoms with Gasteiger partial charge in [-0.05, 0) is 31.2 Å². The third kappa shape index (κ3) is 3.61. The highest BCUT2D eigenvalue weighted by Gasteiger charge is 2.13. The lowest BCUT2D eigenvalue weighted by atomic mass is 10.1. The highest BCUT2D eigenvalue weighted by Crippen LogP contribution is 2.35. The van der Waals surface area contributed by atoms with Gasteiger partial charge >= 0.3 is 6.03 Å². The smallest absolute Gasteiger partial charge is 0.320 e. The quantitative estimate of drug-likeness (QED) is 0.746. The van der Waals surface area contributed by atoms with Gasteiger partial charge in [-0.1, -0.05) is 17.7 Å². The molecule has 128 valence electrons. The highest BCUT2D eigenvalue weighted by molar-refractivity contribution is 6.33. The van der Waals surface area contributed by atoms with Gasteiger partial charge in [0, 0.05) is 6.54 Å². The average molecular weight is 358 g/mol. The summed E-state index contributed by atoms with van der Waals surface area (Å²) in [7, 11) is 1.57. The van der Waals surface area contributed by atoms with Crippen LogP contribution in [0, 0.1) is 0 Å². The molecule has 0 aliphatic heterocycles. The van der Waals surface area contributed by atoms with E-state index in [0.717, 1.165) is 0 Å². The van der Waals surface area contributed by atoms with Gasteiger partial charge in [-0.25, -0.2) is 14.8 Å². The molecule has 2 heterocycles. The number of halogens is 1. The Morgan fingerprint density at radius 2 is 2.08 bits per heavy atom. The number of nitrogens with zero attached hydrogens (tertiary/aromatic N) is 3. The molecular weight excluding hydrogens is 342 g/mol. The molecule has 1 aromatic carbocycles. The molecule has 8 heteroatoms. The number of aromatic nitrogens is 3. The molecule has 0 bridgehead atoms. The Balaban J connectivity index is 2.03. The Morgan fingerprint density at radius 1 is 1.24 bits per heavy atom. The average Bonchev–Trinajstić information content (AvgIpc) is 2.61. The standard InChI is InChI=1S/C17H16ClN5O2/c1-3-19-17(24)23-14-8-7-11-16(22-14)21-12(9-20-11)15-10(18)5-4-6-13(15)25-2/h4-9H,3H2,1-2H3,(H2,19,21,22,23,24). The highest BCUT2D eigenvalue weighted by atomic mass is 35.5. The van der Waals surface area contributed by atoms with Gasteiger partial charge in [0.2, 0.25) is 0 Å². The topological polar surface area (TPSA) is 89.0 Å². The van der Waals surface area contributed by atoms with Crippen molar-refractivity contribution < 1.29 is 9.53 Å². The normalized spacial score (nSPS) is 10.5. The number of amides is 2. The first-order valence-electron chi connectivity index (χ1n) is 7.64. The number of carbonyl (C=O) groups excluding carboxylic acids is 1. The van der Waals surface area contributed by atoms with Gasteiger partial charge in [0.05, 0.1) is 29.6 Å². The number of methoxy groups -OCH3 is 1. The molecule has 0 fully saturated rings. The van der Waals surface area contributed by atoms with Crippen molar-refractivity contribution in [1.29, 1.82) is 0 Å². The van der Waals surface area contributed by atoms with E-state index in [1.54, 1.807) is 43.6 Å². The second-order valence-corrected chi connectivity index (χ2v) is 5.50. The number of fused-ring (bicyclic) bond motifs is 1. The van der Waals surface area contributed by atoms with Crippen LogP contribution >= 0.6 is 11.6 Å². The van der Waals surface area contributed by atoms with Crippen molar-refractivity contribution in [2.75, 3.05) is 19.0 Å². The summed E-state index contributed by atoms with van der Waals surface area (Å²) in [6, 6.07) is 8.43. The minimum absolute atomic E-state index is 0.328. The van der Waals surface area contributed by atoms with Crippen LogP contribution in [0.3, 0.4) is 0 Å². The first kappa shape index (κ1) is 16.9. The first-order chi connectivity index (χ1) is 12.1. The molecule has 0 unspecified atom stereocenters. The second kappa shape index (κ2) is 7.31. The SMILES string of the molecule is CCNC(=O)Nc1ccc2ncc(-c3c(Cl)cccc3OC)nc2n1. The first-order valence-corrected chi connectivity index (χ1v) is 8.01. The number of ether oxygens (including phenoxy) is 1. The summed E-state index contributed by atoms with van der Waals surface area (Å²) in [4.78, 5) is 24.9. The Hall–Kier alpha value is -2.93. The van der Waals surface area contributed by atoms with E-state index in [4.69, 9.17) is 16.3 Å². The van der Waals surface area contributed by atoms with Crippen molar-refractivity contribution >= 4 is 34.6 Å². The number of benzene rings is 1. The van der Waals surface area contributed by atoms with Gasteiger partial charge in [0.25, 0.3) is 0 Å². The Bertz CT molecular complexity index is 932. The number of carbonyl (C=O) groups is 1. The Labute approximate surface area is 149 Å². The van der Waals surface area contributed by atoms with Crippen molar-refractivity contribution in [3.05, 3.63) is 41.6 Å². The van der Waals surface area contributed by atoms with Crippen molar-refractivity contribution in [2.45, 2.75) is 6.92 Å². The largest absolute Gasteiger partial charge is 0.496 e. The zero-order valence-corrected chi connectivity index (χ0v) is 14.5. The minimum Gasteiger partial charge on any atom is -0.496 e. The van der Waals surface area contributed by atoms with Crippen LogP contribution in [0.1, 0.15) is 6.92 Å². The number of anilines is 1. The molecule has 2 amide bonds. The zero-order valence-electron chi connectivity index (χ0n) is 13.7. The van der Waals surface area contributed by atoms with Gasteiger partial charge in [0.1, 0.15) is 17.1 Å². The number of urea groups is 1. The van der Waals surface area contributed by atoms with E-state index in [1.165, 1.54) is 0 Å². The molecule has 0 saturated heterocycles. The van der Waals surface area contributed by atoms with Crippen LogP contribution in [-0.4, -0.2) is 34.6 Å². The fourth-order valence-electron chi connectivity index (χ4n) is 2.33. The number of hydrogen-bond donors (Lipinski definition) is 2. The monoisotopic (exact) mass is 357 g/mol. The molecule has 25 heavy (non-hydrogen) atoms. The van der Waals surface area contributed by atoms with Crippen LogP contribution in [0.25, 0.3) is 22.4 Å². The van der Waals surface area contributed by atoms with Crippen LogP contribution in [0.2, 0.25) is 5.02 Å². The summed E-state index contributed by atoms with van der Waals surface area (Å²) >= 11 is 6.30. The predicted molar refractivity (Wildman–Crippen MR) is 97.0 cm³/mol. The van der Waals surface area contributed by atoms with E-state index in [-0.39, 0.29) is 6.03 Å². The van der Waals surface area contributed by atoms with Crippen LogP contribution in [0.15, 0.2) is 36.5 Å². The molecule has 7 nitrogen and oxygen atoms in total. The van der Waals surface area contributed by atoms with E-state index < -0.39 is 0 Å². The molecule has 0 spiro atoms. The van der Waals surface area contributed by atoms with E-state index in [1.807, 2.05) is 6.92 Å². The van der Waals surface area contributed by atoms with Crippen LogP contribution in [0.5, 0.6) is 5.75 Å². The molecule has 0 atom stereocenters. The maximum atomic E-state index is 11.6. The predicted octanol–water partition coefficient (Wildman–Crippen LogP) is 3.50. The molecule has 2 aromatic heterocycles. The van der Waals surface area contributed by atoms with Crippen LogP contribution < -0.4 is 15.4 Å². The lowest BCUT2D eigenvalue weighted by molar-refractivity contribution is 0.252. The maximum absolute atomic E-state index is 11.6. The lowest BCUT2D eigenvalue weighted by Gasteiger charge is -2.10. The van der Waals surface area contributed by atoms with E-state index in [2.05, 4.69) is 25.6 Å². The third-order valence-electron chi connectivity index (χ3n) is 3.44. The Morgan fingerprint density at radius 3 is 2.84 bits per heavy atom. The minimum atomic E-state index is -0.328. The number of rotatable bonds is 4. The molecule has 2 N–H and O–H groups in total. The Kier molecular flexibility index (Phi) is 4.95. The molecule has 0 aliphatic rings. The van der Waals surface area contributed by atoms with Crippen molar-refractivity contribution in [3.63, 3.8) is 0 Å². The van der Waals surface area contributed by atoms with Gasteiger partial charge in [-0.3, -0.25) is 10.3 Å². The summed E-state index contributed by atoms with van der Waals surface area (Å²) < 4.78 is 5.36. The number of nitrogens with one attached hydrogen (secondary N) is 2. The summed E-state index contributed by atoms with van der Waals surface area (Å²) in [5, 5.41) is 5.79. The van der Waals surface area contributed by atoms with E-state index in [9.17, 15) is 4.79 Å². The van der Waals surface area contributed by atoms with Gasteiger partial charge in [-0.15, -0.1) is 0 Å². The molecule has 3 rings (SSSR count). The van der Waals surface area contributed by atoms with Crippen molar-refractivity contribution in [2.24, 2.45) is 0 Å². The van der Waals surface area contributed by atoms with Gasteiger partial charge in [-0.2, -0.15) is 0 Å². The summed E-state index contributed by atoms with van der Waals surface area (Å²) in [5.74, 6) is 0.980. The lowest BCUT2D eigenvalue weighted by Crippen LogP contribution is -2.28. The summed E-state index contributed by atoms with van der Waals surface area (Å²) in [6.45, 7) is 2.36. The zero-order chi connectivity index (χ0) is 17.8. The summed E-state index contributed by atoms with van der Waals surface area (Å²) in [6.07, 6.45) is 1.62. The molecule has 3 aromatic rings. The van der Waals surface area contributed by atoms with E-state index in [0.29, 0.717) is 45.6 Å². The fourth-order valence-corrected chi connectivity index (χ4v) is 2.59. The van der Waals surface area contributed by atoms with Crippen LogP contribution in [-0.2, 0) is 0 Å². The molecular formula is C17H16ClN5O2. The summed E-state index contributed by atoms with van der Waals surface area (Å²) in [5.41, 5.74) is 2.19. The van der Waals surface area contributed by atoms with Crippen molar-refractivity contribution in [3.8, 4) is 17.0 Å². The maximum Gasteiger partial charge on any atom is 0.320 e. The molecule has 0 saturated carbocycles. The van der Waals surface area contributed by atoms with Crippen LogP contribution in [0.4, 0.5) is 10.6 Å².